The van der Waals surface area contributed by atoms with Crippen LogP contribution in [-0.4, -0.2) is 21.4 Å². The molecule has 23 heavy (non-hydrogen) atoms. The molecule has 124 valence electrons. The van der Waals surface area contributed by atoms with Gasteiger partial charge in [0, 0.05) is 5.69 Å². The second-order valence-electron chi connectivity index (χ2n) is 5.08. The lowest BCUT2D eigenvalue weighted by Gasteiger charge is -2.13. The van der Waals surface area contributed by atoms with E-state index >= 15 is 0 Å². The Labute approximate surface area is 134 Å². The summed E-state index contributed by atoms with van der Waals surface area (Å²) in [5.41, 5.74) is 6.79. The highest BCUT2D eigenvalue weighted by atomic mass is 32.2. The summed E-state index contributed by atoms with van der Waals surface area (Å²) in [4.78, 5) is -0.229. The summed E-state index contributed by atoms with van der Waals surface area (Å²) in [6.45, 7) is 3.00. The number of aryl methyl sites for hydroxylation is 2. The molecule has 0 spiro atoms. The summed E-state index contributed by atoms with van der Waals surface area (Å²) in [6, 6.07) is 8.24. The number of nitrogens with two attached hydrogens (primary N) is 1. The lowest BCUT2D eigenvalue weighted by Crippen LogP contribution is -2.14. The largest absolute Gasteiger partial charge is 0.399 e. The molecule has 0 unspecified atom stereocenters. The third kappa shape index (κ3) is 3.81. The minimum absolute atomic E-state index is 0.0302. The number of hydrogen-bond acceptors (Lipinski definition) is 5. The molecule has 0 atom stereocenters. The summed E-state index contributed by atoms with van der Waals surface area (Å²) in [7, 11) is -8.20. The highest BCUT2D eigenvalue weighted by Crippen LogP contribution is 2.26. The van der Waals surface area contributed by atoms with E-state index in [0.29, 0.717) is 11.3 Å². The van der Waals surface area contributed by atoms with Crippen LogP contribution >= 0.6 is 0 Å². The van der Waals surface area contributed by atoms with Crippen LogP contribution in [0.5, 0.6) is 0 Å². The highest BCUT2D eigenvalue weighted by molar-refractivity contribution is 7.92. The maximum atomic E-state index is 12.3. The van der Waals surface area contributed by atoms with Crippen LogP contribution in [0.25, 0.3) is 0 Å². The topological polar surface area (TPSA) is 127 Å². The third-order valence-electron chi connectivity index (χ3n) is 3.23. The first-order chi connectivity index (χ1) is 10.5. The van der Waals surface area contributed by atoms with E-state index in [4.69, 9.17) is 10.3 Å². The Kier molecular flexibility index (Phi) is 4.38. The summed E-state index contributed by atoms with van der Waals surface area (Å²) < 4.78 is 58.7. The Morgan fingerprint density at radius 1 is 0.957 bits per heavy atom. The van der Waals surface area contributed by atoms with E-state index in [1.54, 1.807) is 0 Å². The minimum atomic E-state index is -4.36. The lowest BCUT2D eigenvalue weighted by atomic mass is 10.1. The van der Waals surface area contributed by atoms with Crippen LogP contribution in [0, 0.1) is 13.8 Å². The first-order valence-electron chi connectivity index (χ1n) is 6.48. The highest BCUT2D eigenvalue weighted by Gasteiger charge is 2.19. The Balaban J connectivity index is 2.44. The molecule has 0 aliphatic carbocycles. The van der Waals surface area contributed by atoms with Crippen LogP contribution in [0.2, 0.25) is 0 Å². The summed E-state index contributed by atoms with van der Waals surface area (Å²) in [6.07, 6.45) is 0. The zero-order valence-electron chi connectivity index (χ0n) is 12.4. The molecular formula is C14H16N2O5S2. The number of sulfonamides is 1. The summed E-state index contributed by atoms with van der Waals surface area (Å²) in [5, 5.41) is 0. The van der Waals surface area contributed by atoms with Crippen molar-refractivity contribution in [3.8, 4) is 0 Å². The zero-order chi connectivity index (χ0) is 17.4. The predicted octanol–water partition coefficient (Wildman–Crippen LogP) is 1.93. The molecule has 0 fully saturated rings. The monoisotopic (exact) mass is 356 g/mol. The molecule has 0 heterocycles. The molecule has 2 rings (SSSR count). The van der Waals surface area contributed by atoms with Crippen LogP contribution in [-0.2, 0) is 20.1 Å². The van der Waals surface area contributed by atoms with Crippen LogP contribution in [0.4, 0.5) is 11.4 Å². The predicted molar refractivity (Wildman–Crippen MR) is 87.4 cm³/mol. The fraction of sp³-hybridized carbons (Fsp3) is 0.143. The number of anilines is 2. The van der Waals surface area contributed by atoms with Gasteiger partial charge in [-0.2, -0.15) is 8.42 Å². The van der Waals surface area contributed by atoms with E-state index < -0.39 is 20.1 Å². The van der Waals surface area contributed by atoms with E-state index in [-0.39, 0.29) is 21.0 Å². The first-order valence-corrected chi connectivity index (χ1v) is 9.40. The van der Waals surface area contributed by atoms with Gasteiger partial charge in [0.05, 0.1) is 15.5 Å². The van der Waals surface area contributed by atoms with Gasteiger partial charge in [0.25, 0.3) is 20.1 Å². The Hall–Kier alpha value is -2.10. The molecule has 0 aliphatic heterocycles. The van der Waals surface area contributed by atoms with Gasteiger partial charge in [0.15, 0.2) is 0 Å². The third-order valence-corrected chi connectivity index (χ3v) is 5.61. The van der Waals surface area contributed by atoms with E-state index in [9.17, 15) is 16.8 Å². The Morgan fingerprint density at radius 2 is 1.52 bits per heavy atom. The van der Waals surface area contributed by atoms with Gasteiger partial charge in [0.2, 0.25) is 0 Å². The van der Waals surface area contributed by atoms with Crippen molar-refractivity contribution in [3.63, 3.8) is 0 Å². The number of benzene rings is 2. The maximum Gasteiger partial charge on any atom is 0.294 e. The van der Waals surface area contributed by atoms with Crippen LogP contribution < -0.4 is 10.5 Å². The van der Waals surface area contributed by atoms with Crippen molar-refractivity contribution in [3.05, 3.63) is 47.5 Å². The molecule has 0 saturated heterocycles. The van der Waals surface area contributed by atoms with Gasteiger partial charge in [-0.05, 0) is 61.4 Å². The molecule has 0 aliphatic rings. The van der Waals surface area contributed by atoms with Gasteiger partial charge in [0.1, 0.15) is 0 Å². The second-order valence-corrected chi connectivity index (χ2v) is 8.15. The zero-order valence-corrected chi connectivity index (χ0v) is 14.1. The van der Waals surface area contributed by atoms with Crippen molar-refractivity contribution in [2.24, 2.45) is 0 Å². The smallest absolute Gasteiger partial charge is 0.294 e. The molecule has 0 amide bonds. The average molecular weight is 356 g/mol. The maximum absolute atomic E-state index is 12.3. The molecule has 2 aromatic rings. The lowest BCUT2D eigenvalue weighted by molar-refractivity contribution is 0.482. The van der Waals surface area contributed by atoms with Gasteiger partial charge in [-0.25, -0.2) is 8.42 Å². The van der Waals surface area contributed by atoms with Crippen molar-refractivity contribution < 1.29 is 21.4 Å². The van der Waals surface area contributed by atoms with Crippen molar-refractivity contribution in [1.29, 1.82) is 0 Å². The molecule has 0 bridgehead atoms. The van der Waals surface area contributed by atoms with Crippen LogP contribution in [0.3, 0.4) is 0 Å². The molecule has 0 radical (unpaired) electrons. The molecule has 9 heteroatoms. The second kappa shape index (κ2) is 5.84. The normalized spacial score (nSPS) is 12.1. The minimum Gasteiger partial charge on any atom is -0.399 e. The van der Waals surface area contributed by atoms with Crippen molar-refractivity contribution in [1.82, 2.24) is 0 Å². The van der Waals surface area contributed by atoms with E-state index in [0.717, 1.165) is 0 Å². The van der Waals surface area contributed by atoms with Crippen molar-refractivity contribution in [2.75, 3.05) is 10.5 Å². The van der Waals surface area contributed by atoms with E-state index in [1.807, 2.05) is 0 Å². The number of rotatable bonds is 4. The van der Waals surface area contributed by atoms with Crippen LogP contribution in [0.15, 0.2) is 46.2 Å². The quantitative estimate of drug-likeness (QED) is 0.567. The van der Waals surface area contributed by atoms with E-state index in [2.05, 4.69) is 4.72 Å². The standard InChI is InChI=1S/C14H16N2O5S2/c1-9-8-14(23(19,20)21)10(2)7-13(9)16-22(17,18)12-5-3-11(15)4-6-12/h3-8,16H,15H2,1-2H3,(H,19,20,21). The fourth-order valence-corrected chi connectivity index (χ4v) is 3.94. The van der Waals surface area contributed by atoms with Gasteiger partial charge < -0.3 is 5.73 Å². The molecule has 0 saturated carbocycles. The SMILES string of the molecule is Cc1cc(S(=O)(=O)O)c(C)cc1NS(=O)(=O)c1ccc(N)cc1. The molecule has 0 aromatic heterocycles. The first kappa shape index (κ1) is 17.3. The molecule has 2 aromatic carbocycles. The molecular weight excluding hydrogens is 340 g/mol. The summed E-state index contributed by atoms with van der Waals surface area (Å²) in [5.74, 6) is 0. The number of nitrogens with one attached hydrogen (secondary N) is 1. The van der Waals surface area contributed by atoms with Gasteiger partial charge >= 0.3 is 0 Å². The van der Waals surface area contributed by atoms with Crippen LogP contribution in [0.1, 0.15) is 11.1 Å². The number of nitrogen functional groups attached to an aromatic ring is 1. The van der Waals surface area contributed by atoms with Gasteiger partial charge in [-0.3, -0.25) is 9.27 Å². The van der Waals surface area contributed by atoms with Crippen molar-refractivity contribution in [2.45, 2.75) is 23.6 Å². The fourth-order valence-electron chi connectivity index (χ4n) is 2.03. The Bertz CT molecular complexity index is 949. The average Bonchev–Trinajstić information content (AvgIpc) is 2.41. The van der Waals surface area contributed by atoms with Gasteiger partial charge in [-0.1, -0.05) is 0 Å². The van der Waals surface area contributed by atoms with E-state index in [1.165, 1.54) is 50.2 Å². The number of hydrogen-bond donors (Lipinski definition) is 3. The molecule has 4 N–H and O–H groups in total. The van der Waals surface area contributed by atoms with Gasteiger partial charge in [-0.15, -0.1) is 0 Å². The van der Waals surface area contributed by atoms with Crippen molar-refractivity contribution >= 4 is 31.5 Å². The summed E-state index contributed by atoms with van der Waals surface area (Å²) >= 11 is 0. The molecule has 7 nitrogen and oxygen atoms in total. The Morgan fingerprint density at radius 3 is 2.04 bits per heavy atom.